The molecule has 7 heteroatoms. The lowest BCUT2D eigenvalue weighted by Gasteiger charge is -2.41. The van der Waals surface area contributed by atoms with Crippen molar-refractivity contribution < 1.29 is 23.1 Å². The smallest absolute Gasteiger partial charge is 0.306 e. The standard InChI is InChI=1S/C30H54O5Si2/c1-14-26(34-36(10,11)29(4,5)6)24(3)33-28(31)21-20-27(35-37(12,13)30(7,8)9)23(2)32-22-25-18-16-15-17-19-25/h14-19,23-24,26-27H,1,20-22H2,2-13H3/t23-,24-,26+,27+/m0/s1. The van der Waals surface area contributed by atoms with Crippen molar-refractivity contribution in [3.05, 3.63) is 48.6 Å². The lowest BCUT2D eigenvalue weighted by atomic mass is 10.1. The number of esters is 1. The predicted octanol–water partition coefficient (Wildman–Crippen LogP) is 8.27. The topological polar surface area (TPSA) is 54.0 Å². The quantitative estimate of drug-likeness (QED) is 0.133. The molecule has 1 aromatic rings. The van der Waals surface area contributed by atoms with Crippen LogP contribution in [0.25, 0.3) is 0 Å². The van der Waals surface area contributed by atoms with Crippen molar-refractivity contribution in [1.29, 1.82) is 0 Å². The van der Waals surface area contributed by atoms with Crippen LogP contribution in [0.4, 0.5) is 0 Å². The second-order valence-corrected chi connectivity index (χ2v) is 22.7. The highest BCUT2D eigenvalue weighted by Crippen LogP contribution is 2.39. The molecule has 0 saturated carbocycles. The van der Waals surface area contributed by atoms with Crippen LogP contribution in [0.5, 0.6) is 0 Å². The molecule has 0 radical (unpaired) electrons. The van der Waals surface area contributed by atoms with Crippen LogP contribution in [0.3, 0.4) is 0 Å². The van der Waals surface area contributed by atoms with Gasteiger partial charge in [0.25, 0.3) is 0 Å². The molecule has 1 rings (SSSR count). The SMILES string of the molecule is C=C[C@@H](O[Si](C)(C)C(C)(C)C)[C@H](C)OC(=O)CC[C@@H](O[Si](C)(C)C(C)(C)C)[C@H](C)OCc1ccccc1. The van der Waals surface area contributed by atoms with Gasteiger partial charge in [0.2, 0.25) is 0 Å². The number of hydrogen-bond donors (Lipinski definition) is 0. The summed E-state index contributed by atoms with van der Waals surface area (Å²) in [4.78, 5) is 12.9. The average Bonchev–Trinajstić information content (AvgIpc) is 2.77. The Balaban J connectivity index is 2.86. The van der Waals surface area contributed by atoms with Crippen LogP contribution in [0.1, 0.15) is 73.8 Å². The first-order valence-electron chi connectivity index (χ1n) is 13.6. The van der Waals surface area contributed by atoms with E-state index in [0.717, 1.165) is 5.56 Å². The molecular formula is C30H54O5Si2. The second kappa shape index (κ2) is 13.7. The molecule has 5 nitrogen and oxygen atoms in total. The average molecular weight is 551 g/mol. The maximum atomic E-state index is 12.9. The number of carbonyl (C=O) groups excluding carboxylic acids is 1. The lowest BCUT2D eigenvalue weighted by molar-refractivity contribution is -0.152. The van der Waals surface area contributed by atoms with Crippen molar-refractivity contribution in [1.82, 2.24) is 0 Å². The molecule has 0 fully saturated rings. The first-order valence-corrected chi connectivity index (χ1v) is 19.5. The fourth-order valence-corrected chi connectivity index (χ4v) is 6.04. The summed E-state index contributed by atoms with van der Waals surface area (Å²) in [5.41, 5.74) is 1.12. The van der Waals surface area contributed by atoms with Gasteiger partial charge in [-0.1, -0.05) is 78.0 Å². The summed E-state index contributed by atoms with van der Waals surface area (Å²) in [7, 11) is -4.10. The fourth-order valence-electron chi connectivity index (χ4n) is 3.30. The Morgan fingerprint density at radius 1 is 0.892 bits per heavy atom. The van der Waals surface area contributed by atoms with Crippen molar-refractivity contribution in [3.63, 3.8) is 0 Å². The van der Waals surface area contributed by atoms with E-state index in [0.29, 0.717) is 13.0 Å². The van der Waals surface area contributed by atoms with Crippen molar-refractivity contribution in [3.8, 4) is 0 Å². The van der Waals surface area contributed by atoms with E-state index in [4.69, 9.17) is 18.3 Å². The summed E-state index contributed by atoms with van der Waals surface area (Å²) in [5.74, 6) is -0.253. The van der Waals surface area contributed by atoms with Crippen molar-refractivity contribution in [2.75, 3.05) is 0 Å². The molecular weight excluding hydrogens is 496 g/mol. The Hall–Kier alpha value is -1.26. The number of rotatable bonds is 14. The minimum absolute atomic E-state index is 0.0533. The number of hydrogen-bond acceptors (Lipinski definition) is 5. The molecule has 0 aromatic heterocycles. The molecule has 37 heavy (non-hydrogen) atoms. The zero-order chi connectivity index (χ0) is 28.7. The third kappa shape index (κ3) is 10.8. The summed E-state index contributed by atoms with van der Waals surface area (Å²) in [5, 5.41) is 0.111. The van der Waals surface area contributed by atoms with Gasteiger partial charge in [0.15, 0.2) is 16.6 Å². The third-order valence-corrected chi connectivity index (χ3v) is 17.0. The molecule has 212 valence electrons. The normalized spacial score (nSPS) is 16.5. The van der Waals surface area contributed by atoms with Gasteiger partial charge in [0, 0.05) is 6.42 Å². The van der Waals surface area contributed by atoms with Crippen molar-refractivity contribution in [2.45, 2.75) is 136 Å². The van der Waals surface area contributed by atoms with E-state index in [-0.39, 0.29) is 40.8 Å². The summed E-state index contributed by atoms with van der Waals surface area (Å²) < 4.78 is 25.3. The van der Waals surface area contributed by atoms with Gasteiger partial charge >= 0.3 is 5.97 Å². The molecule has 0 aliphatic carbocycles. The highest BCUT2D eigenvalue weighted by atomic mass is 28.4. The Bertz CT molecular complexity index is 840. The molecule has 0 aliphatic heterocycles. The molecule has 4 atom stereocenters. The number of carbonyl (C=O) groups is 1. The van der Waals surface area contributed by atoms with Crippen LogP contribution in [-0.4, -0.2) is 47.0 Å². The van der Waals surface area contributed by atoms with E-state index < -0.39 is 22.7 Å². The van der Waals surface area contributed by atoms with E-state index in [1.54, 1.807) is 6.08 Å². The minimum atomic E-state index is -2.07. The predicted molar refractivity (Wildman–Crippen MR) is 160 cm³/mol. The van der Waals surface area contributed by atoms with Gasteiger partial charge in [0.1, 0.15) is 12.2 Å². The Labute approximate surface area is 229 Å². The summed E-state index contributed by atoms with van der Waals surface area (Å²) in [6.45, 7) is 30.5. The van der Waals surface area contributed by atoms with Gasteiger partial charge in [0.05, 0.1) is 18.8 Å². The summed E-state index contributed by atoms with van der Waals surface area (Å²) >= 11 is 0. The highest BCUT2D eigenvalue weighted by Gasteiger charge is 2.41. The van der Waals surface area contributed by atoms with E-state index in [9.17, 15) is 4.79 Å². The van der Waals surface area contributed by atoms with E-state index in [2.05, 4.69) is 86.4 Å². The third-order valence-electron chi connectivity index (χ3n) is 8.01. The van der Waals surface area contributed by atoms with Gasteiger partial charge in [-0.15, -0.1) is 6.58 Å². The molecule has 0 saturated heterocycles. The number of ether oxygens (including phenoxy) is 2. The second-order valence-electron chi connectivity index (χ2n) is 13.2. The number of benzene rings is 1. The lowest BCUT2D eigenvalue weighted by Crippen LogP contribution is -2.47. The zero-order valence-electron chi connectivity index (χ0n) is 25.6. The Kier molecular flexibility index (Phi) is 12.5. The molecule has 0 heterocycles. The first-order chi connectivity index (χ1) is 16.8. The van der Waals surface area contributed by atoms with Gasteiger partial charge in [-0.3, -0.25) is 4.79 Å². The summed E-state index contributed by atoms with van der Waals surface area (Å²) in [6, 6.07) is 10.1. The van der Waals surface area contributed by atoms with E-state index in [1.807, 2.05) is 32.0 Å². The van der Waals surface area contributed by atoms with Gasteiger partial charge < -0.3 is 18.3 Å². The monoisotopic (exact) mass is 550 g/mol. The maximum absolute atomic E-state index is 12.9. The fraction of sp³-hybridized carbons (Fsp3) is 0.700. The van der Waals surface area contributed by atoms with Crippen LogP contribution in [-0.2, 0) is 29.7 Å². The van der Waals surface area contributed by atoms with Crippen LogP contribution in [0.15, 0.2) is 43.0 Å². The Morgan fingerprint density at radius 3 is 1.89 bits per heavy atom. The van der Waals surface area contributed by atoms with Gasteiger partial charge in [-0.05, 0) is 62.1 Å². The van der Waals surface area contributed by atoms with Crippen LogP contribution < -0.4 is 0 Å². The van der Waals surface area contributed by atoms with Crippen molar-refractivity contribution in [2.24, 2.45) is 0 Å². The van der Waals surface area contributed by atoms with E-state index in [1.165, 1.54) is 0 Å². The highest BCUT2D eigenvalue weighted by molar-refractivity contribution is 6.74. The van der Waals surface area contributed by atoms with Crippen LogP contribution >= 0.6 is 0 Å². The zero-order valence-corrected chi connectivity index (χ0v) is 27.6. The van der Waals surface area contributed by atoms with Crippen LogP contribution in [0, 0.1) is 0 Å². The van der Waals surface area contributed by atoms with Crippen molar-refractivity contribution >= 4 is 22.6 Å². The Morgan fingerprint density at radius 2 is 1.41 bits per heavy atom. The summed E-state index contributed by atoms with van der Waals surface area (Å²) in [6.07, 6.45) is 1.43. The first kappa shape index (κ1) is 33.8. The van der Waals surface area contributed by atoms with Gasteiger partial charge in [-0.2, -0.15) is 0 Å². The van der Waals surface area contributed by atoms with Crippen LogP contribution in [0.2, 0.25) is 36.3 Å². The van der Waals surface area contributed by atoms with E-state index >= 15 is 0 Å². The molecule has 0 N–H and O–H groups in total. The minimum Gasteiger partial charge on any atom is -0.460 e. The molecule has 0 bridgehead atoms. The largest absolute Gasteiger partial charge is 0.460 e. The molecule has 1 aromatic carbocycles. The molecule has 0 aliphatic rings. The molecule has 0 unspecified atom stereocenters. The molecule has 0 spiro atoms. The van der Waals surface area contributed by atoms with Gasteiger partial charge in [-0.25, -0.2) is 0 Å². The molecule has 0 amide bonds. The maximum Gasteiger partial charge on any atom is 0.306 e.